The van der Waals surface area contributed by atoms with Crippen molar-refractivity contribution in [1.29, 1.82) is 0 Å². The maximum Gasteiger partial charge on any atom is 0.410 e. The van der Waals surface area contributed by atoms with E-state index in [1.807, 2.05) is 99.9 Å². The lowest BCUT2D eigenvalue weighted by Gasteiger charge is -2.35. The van der Waals surface area contributed by atoms with Gasteiger partial charge in [-0.25, -0.2) is 9.78 Å². The maximum atomic E-state index is 14.1. The number of piperazine rings is 1. The quantitative estimate of drug-likeness (QED) is 0.173. The summed E-state index contributed by atoms with van der Waals surface area (Å²) in [5.74, 6) is -0.226. The van der Waals surface area contributed by atoms with Gasteiger partial charge in [-0.05, 0) is 57.5 Å². The summed E-state index contributed by atoms with van der Waals surface area (Å²) in [5.41, 5.74) is 5.00. The molecule has 3 heterocycles. The number of hydrogen-bond donors (Lipinski definition) is 2. The lowest BCUT2D eigenvalue weighted by Crippen LogP contribution is -2.51. The Kier molecular flexibility index (Phi) is 9.83. The minimum atomic E-state index is -0.529. The molecule has 1 saturated heterocycles. The molecule has 3 aromatic carbocycles. The van der Waals surface area contributed by atoms with E-state index in [0.29, 0.717) is 55.0 Å². The number of hydrogen-bond acceptors (Lipinski definition) is 5. The highest BCUT2D eigenvalue weighted by molar-refractivity contribution is 6.31. The van der Waals surface area contributed by atoms with Crippen LogP contribution in [0.2, 0.25) is 10.0 Å². The zero-order valence-electron chi connectivity index (χ0n) is 27.6. The maximum absolute atomic E-state index is 14.1. The third kappa shape index (κ3) is 7.38. The smallest absolute Gasteiger partial charge is 0.410 e. The van der Waals surface area contributed by atoms with Crippen molar-refractivity contribution in [2.24, 2.45) is 0 Å². The third-order valence-electron chi connectivity index (χ3n) is 8.57. The molecule has 1 fully saturated rings. The summed E-state index contributed by atoms with van der Waals surface area (Å²) < 4.78 is 7.64. The number of amides is 2. The van der Waals surface area contributed by atoms with Crippen LogP contribution in [0, 0.1) is 0 Å². The van der Waals surface area contributed by atoms with Gasteiger partial charge >= 0.3 is 6.09 Å². The Balaban J connectivity index is 1.29. The van der Waals surface area contributed by atoms with E-state index in [1.54, 1.807) is 4.90 Å². The summed E-state index contributed by atoms with van der Waals surface area (Å²) in [6.45, 7) is 11.4. The number of fused-ring (bicyclic) bond motifs is 1. The van der Waals surface area contributed by atoms with Crippen LogP contribution in [0.1, 0.15) is 49.8 Å². The van der Waals surface area contributed by atoms with Gasteiger partial charge in [0.25, 0.3) is 5.91 Å². The third-order valence-corrected chi connectivity index (χ3v) is 9.06. The van der Waals surface area contributed by atoms with Crippen molar-refractivity contribution in [3.05, 3.63) is 100 Å². The minimum absolute atomic E-state index is 0.116. The number of aromatic nitrogens is 3. The number of benzene rings is 3. The predicted molar refractivity (Wildman–Crippen MR) is 192 cm³/mol. The fraction of sp³-hybridized carbons (Fsp3) is 0.324. The Morgan fingerprint density at radius 3 is 2.33 bits per heavy atom. The number of H-pyrrole nitrogens is 1. The van der Waals surface area contributed by atoms with E-state index < -0.39 is 5.60 Å². The van der Waals surface area contributed by atoms with Crippen molar-refractivity contribution < 1.29 is 14.3 Å². The predicted octanol–water partition coefficient (Wildman–Crippen LogP) is 7.90. The number of nitrogens with zero attached hydrogens (tertiary/aromatic N) is 4. The second-order valence-electron chi connectivity index (χ2n) is 13.1. The van der Waals surface area contributed by atoms with Crippen molar-refractivity contribution in [2.45, 2.75) is 39.3 Å². The summed E-state index contributed by atoms with van der Waals surface area (Å²) in [6, 6.07) is 23.3. The van der Waals surface area contributed by atoms with Crippen LogP contribution >= 0.6 is 23.2 Å². The topological polar surface area (TPSA) is 95.5 Å². The molecule has 11 heteroatoms. The van der Waals surface area contributed by atoms with Gasteiger partial charge in [-0.1, -0.05) is 71.7 Å². The summed E-state index contributed by atoms with van der Waals surface area (Å²) in [6.07, 6.45) is 1.55. The first-order valence-electron chi connectivity index (χ1n) is 16.2. The Bertz CT molecular complexity index is 1910. The largest absolute Gasteiger partial charge is 0.444 e. The Morgan fingerprint density at radius 1 is 0.958 bits per heavy atom. The molecule has 48 heavy (non-hydrogen) atoms. The van der Waals surface area contributed by atoms with Crippen molar-refractivity contribution >= 4 is 46.1 Å². The van der Waals surface area contributed by atoms with Gasteiger partial charge in [0, 0.05) is 71.3 Å². The number of carbonyl (C=O) groups is 2. The fourth-order valence-corrected chi connectivity index (χ4v) is 6.39. The normalized spacial score (nSPS) is 14.7. The number of halogens is 2. The first-order valence-corrected chi connectivity index (χ1v) is 16.9. The highest BCUT2D eigenvalue weighted by Crippen LogP contribution is 2.41. The van der Waals surface area contributed by atoms with Crippen LogP contribution in [0.15, 0.2) is 79.1 Å². The zero-order chi connectivity index (χ0) is 34.0. The SMILES string of the molecule is C[C@@H](c1ccc(Cl)cc1)n1cnc(-c2ccccc2)c1-c1c(C(=O)NCCN2CCN(C(=O)OC(C)(C)C)CC2)[nH]c2cc(Cl)ccc12. The fourth-order valence-electron chi connectivity index (χ4n) is 6.09. The van der Waals surface area contributed by atoms with E-state index in [2.05, 4.69) is 26.7 Å². The van der Waals surface area contributed by atoms with Crippen LogP contribution in [-0.2, 0) is 4.74 Å². The van der Waals surface area contributed by atoms with Crippen LogP contribution < -0.4 is 5.32 Å². The average molecular weight is 688 g/mol. The number of ether oxygens (including phenoxy) is 1. The summed E-state index contributed by atoms with van der Waals surface area (Å²) >= 11 is 12.7. The van der Waals surface area contributed by atoms with E-state index in [-0.39, 0.29) is 18.0 Å². The van der Waals surface area contributed by atoms with Crippen LogP contribution in [0.3, 0.4) is 0 Å². The molecule has 0 aliphatic carbocycles. The van der Waals surface area contributed by atoms with E-state index in [9.17, 15) is 9.59 Å². The minimum Gasteiger partial charge on any atom is -0.444 e. The Hall–Kier alpha value is -4.31. The highest BCUT2D eigenvalue weighted by atomic mass is 35.5. The molecule has 0 unspecified atom stereocenters. The van der Waals surface area contributed by atoms with E-state index in [4.69, 9.17) is 32.9 Å². The van der Waals surface area contributed by atoms with E-state index in [1.165, 1.54) is 0 Å². The number of carbonyl (C=O) groups excluding carboxylic acids is 2. The molecule has 0 saturated carbocycles. The van der Waals surface area contributed by atoms with Crippen molar-refractivity contribution in [3.63, 3.8) is 0 Å². The summed E-state index contributed by atoms with van der Waals surface area (Å²) in [4.78, 5) is 38.8. The molecule has 250 valence electrons. The molecule has 1 aliphatic heterocycles. The molecule has 2 amide bonds. The van der Waals surface area contributed by atoms with Crippen LogP contribution in [0.25, 0.3) is 33.4 Å². The molecule has 1 atom stereocenters. The van der Waals surface area contributed by atoms with Gasteiger partial charge in [-0.15, -0.1) is 0 Å². The average Bonchev–Trinajstić information content (AvgIpc) is 3.66. The van der Waals surface area contributed by atoms with E-state index in [0.717, 1.165) is 39.0 Å². The molecule has 0 radical (unpaired) electrons. The van der Waals surface area contributed by atoms with Gasteiger partial charge in [-0.2, -0.15) is 0 Å². The van der Waals surface area contributed by atoms with Crippen LogP contribution in [-0.4, -0.2) is 81.2 Å². The Morgan fingerprint density at radius 2 is 1.65 bits per heavy atom. The zero-order valence-corrected chi connectivity index (χ0v) is 29.1. The molecular formula is C37H40Cl2N6O3. The monoisotopic (exact) mass is 686 g/mol. The van der Waals surface area contributed by atoms with Gasteiger partial charge in [0.1, 0.15) is 11.3 Å². The lowest BCUT2D eigenvalue weighted by molar-refractivity contribution is 0.0147. The summed E-state index contributed by atoms with van der Waals surface area (Å²) in [7, 11) is 0. The van der Waals surface area contributed by atoms with Crippen molar-refractivity contribution in [1.82, 2.24) is 29.7 Å². The van der Waals surface area contributed by atoms with Gasteiger partial charge in [-0.3, -0.25) is 9.69 Å². The standard InChI is InChI=1S/C37H40Cl2N6O3/c1-24(25-10-12-27(38)13-11-25)45-23-41-32(26-8-6-5-7-9-26)34(45)31-29-15-14-28(39)22-30(29)42-33(31)35(46)40-16-17-43-18-20-44(21-19-43)36(47)48-37(2,3)4/h5-15,22-24,42H,16-21H2,1-4H3,(H,40,46)/t24-/m0/s1. The molecule has 1 aliphatic rings. The van der Waals surface area contributed by atoms with E-state index >= 15 is 0 Å². The first kappa shape index (κ1) is 33.6. The molecule has 5 aromatic rings. The molecular weight excluding hydrogens is 647 g/mol. The lowest BCUT2D eigenvalue weighted by atomic mass is 9.99. The van der Waals surface area contributed by atoms with Crippen LogP contribution in [0.5, 0.6) is 0 Å². The van der Waals surface area contributed by atoms with Gasteiger partial charge in [0.05, 0.1) is 23.8 Å². The second-order valence-corrected chi connectivity index (χ2v) is 13.9. The molecule has 6 rings (SSSR count). The molecule has 9 nitrogen and oxygen atoms in total. The number of aromatic amines is 1. The summed E-state index contributed by atoms with van der Waals surface area (Å²) in [5, 5.41) is 5.24. The number of imidazole rings is 1. The molecule has 0 bridgehead atoms. The van der Waals surface area contributed by atoms with Crippen molar-refractivity contribution in [3.8, 4) is 22.5 Å². The first-order chi connectivity index (χ1) is 23.0. The molecule has 0 spiro atoms. The Labute approximate surface area is 290 Å². The van der Waals surface area contributed by atoms with Crippen LogP contribution in [0.4, 0.5) is 4.79 Å². The van der Waals surface area contributed by atoms with Gasteiger partial charge in [0.15, 0.2) is 0 Å². The van der Waals surface area contributed by atoms with Gasteiger partial charge in [0.2, 0.25) is 0 Å². The number of rotatable bonds is 8. The second kappa shape index (κ2) is 14.0. The van der Waals surface area contributed by atoms with Crippen molar-refractivity contribution in [2.75, 3.05) is 39.3 Å². The van der Waals surface area contributed by atoms with Gasteiger partial charge < -0.3 is 24.5 Å². The highest BCUT2D eigenvalue weighted by Gasteiger charge is 2.29. The molecule has 2 N–H and O–H groups in total. The number of nitrogens with one attached hydrogen (secondary N) is 2. The molecule has 2 aromatic heterocycles.